The highest BCUT2D eigenvalue weighted by Crippen LogP contribution is 2.21. The summed E-state index contributed by atoms with van der Waals surface area (Å²) in [5, 5.41) is 3.23. The highest BCUT2D eigenvalue weighted by Gasteiger charge is 2.25. The molecule has 0 radical (unpaired) electrons. The molecule has 1 aromatic rings. The largest absolute Gasteiger partial charge is 0.467 e. The minimum absolute atomic E-state index is 0.0187. The fourth-order valence-corrected chi connectivity index (χ4v) is 1.55. The van der Waals surface area contributed by atoms with Gasteiger partial charge < -0.3 is 14.5 Å². The molecule has 0 spiro atoms. The summed E-state index contributed by atoms with van der Waals surface area (Å²) in [5.74, 6) is 0.639. The predicted molar refractivity (Wildman–Crippen MR) is 65.7 cm³/mol. The molecule has 1 N–H and O–H groups in total. The SMILES string of the molecule is CCCNCc1coc(COCCCC(F)(F)F)c1. The van der Waals surface area contributed by atoms with Gasteiger partial charge >= 0.3 is 6.18 Å². The number of alkyl halides is 3. The second-order valence-electron chi connectivity index (χ2n) is 4.37. The number of halogens is 3. The summed E-state index contributed by atoms with van der Waals surface area (Å²) in [6.07, 6.45) is -2.23. The lowest BCUT2D eigenvalue weighted by Crippen LogP contribution is -2.13. The zero-order valence-corrected chi connectivity index (χ0v) is 11.1. The van der Waals surface area contributed by atoms with Crippen LogP contribution in [0.25, 0.3) is 0 Å². The lowest BCUT2D eigenvalue weighted by atomic mass is 10.3. The number of hydrogen-bond donors (Lipinski definition) is 1. The van der Waals surface area contributed by atoms with Gasteiger partial charge in [0.25, 0.3) is 0 Å². The third-order valence-corrected chi connectivity index (χ3v) is 2.46. The number of nitrogens with one attached hydrogen (secondary N) is 1. The van der Waals surface area contributed by atoms with Gasteiger partial charge in [0, 0.05) is 25.1 Å². The molecule has 110 valence electrons. The first-order valence-electron chi connectivity index (χ1n) is 6.43. The van der Waals surface area contributed by atoms with Crippen molar-refractivity contribution in [3.05, 3.63) is 23.7 Å². The maximum absolute atomic E-state index is 11.9. The predicted octanol–water partition coefficient (Wildman–Crippen LogP) is 3.64. The highest BCUT2D eigenvalue weighted by molar-refractivity contribution is 5.11. The van der Waals surface area contributed by atoms with Gasteiger partial charge in [-0.25, -0.2) is 0 Å². The molecule has 6 heteroatoms. The van der Waals surface area contributed by atoms with E-state index in [-0.39, 0.29) is 19.6 Å². The minimum atomic E-state index is -4.11. The Labute approximate surface area is 111 Å². The lowest BCUT2D eigenvalue weighted by molar-refractivity contribution is -0.138. The Morgan fingerprint density at radius 1 is 1.37 bits per heavy atom. The quantitative estimate of drug-likeness (QED) is 0.701. The van der Waals surface area contributed by atoms with Gasteiger partial charge in [0.1, 0.15) is 12.4 Å². The minimum Gasteiger partial charge on any atom is -0.467 e. The van der Waals surface area contributed by atoms with Crippen LogP contribution >= 0.6 is 0 Å². The number of furan rings is 1. The van der Waals surface area contributed by atoms with Gasteiger partial charge in [-0.1, -0.05) is 6.92 Å². The van der Waals surface area contributed by atoms with E-state index in [4.69, 9.17) is 9.15 Å². The van der Waals surface area contributed by atoms with Gasteiger partial charge in [0.2, 0.25) is 0 Å². The van der Waals surface area contributed by atoms with Crippen LogP contribution in [0.3, 0.4) is 0 Å². The van der Waals surface area contributed by atoms with Gasteiger partial charge in [-0.15, -0.1) is 0 Å². The molecular formula is C13H20F3NO2. The smallest absolute Gasteiger partial charge is 0.389 e. The molecule has 0 bridgehead atoms. The molecule has 19 heavy (non-hydrogen) atoms. The van der Waals surface area contributed by atoms with Gasteiger partial charge in [0.15, 0.2) is 0 Å². The first-order valence-corrected chi connectivity index (χ1v) is 6.43. The Kier molecular flexibility index (Phi) is 6.94. The zero-order chi connectivity index (χ0) is 14.1. The average molecular weight is 279 g/mol. The first kappa shape index (κ1) is 16.0. The van der Waals surface area contributed by atoms with Crippen LogP contribution in [0, 0.1) is 0 Å². The van der Waals surface area contributed by atoms with E-state index in [2.05, 4.69) is 12.2 Å². The van der Waals surface area contributed by atoms with Crippen LogP contribution in [0.5, 0.6) is 0 Å². The van der Waals surface area contributed by atoms with Crippen molar-refractivity contribution in [3.63, 3.8) is 0 Å². The number of ether oxygens (including phenoxy) is 1. The van der Waals surface area contributed by atoms with E-state index in [0.29, 0.717) is 5.76 Å². The van der Waals surface area contributed by atoms with E-state index in [1.807, 2.05) is 6.07 Å². The maximum Gasteiger partial charge on any atom is 0.389 e. The molecule has 1 heterocycles. The van der Waals surface area contributed by atoms with E-state index < -0.39 is 12.6 Å². The molecular weight excluding hydrogens is 259 g/mol. The van der Waals surface area contributed by atoms with Crippen molar-refractivity contribution in [2.24, 2.45) is 0 Å². The highest BCUT2D eigenvalue weighted by atomic mass is 19.4. The third-order valence-electron chi connectivity index (χ3n) is 2.46. The zero-order valence-electron chi connectivity index (χ0n) is 11.1. The Morgan fingerprint density at radius 2 is 2.16 bits per heavy atom. The van der Waals surface area contributed by atoms with Gasteiger partial charge in [-0.2, -0.15) is 13.2 Å². The van der Waals surface area contributed by atoms with Crippen LogP contribution in [-0.4, -0.2) is 19.3 Å². The van der Waals surface area contributed by atoms with Crippen LogP contribution < -0.4 is 5.32 Å². The van der Waals surface area contributed by atoms with E-state index in [0.717, 1.165) is 25.1 Å². The van der Waals surface area contributed by atoms with Crippen LogP contribution in [0.1, 0.15) is 37.5 Å². The molecule has 0 atom stereocenters. The van der Waals surface area contributed by atoms with Crippen molar-refractivity contribution in [3.8, 4) is 0 Å². The molecule has 0 fully saturated rings. The molecule has 0 aliphatic heterocycles. The van der Waals surface area contributed by atoms with Crippen LogP contribution in [0.4, 0.5) is 13.2 Å². The first-order chi connectivity index (χ1) is 9.01. The molecule has 1 rings (SSSR count). The van der Waals surface area contributed by atoms with E-state index in [9.17, 15) is 13.2 Å². The second-order valence-corrected chi connectivity index (χ2v) is 4.37. The molecule has 0 amide bonds. The molecule has 0 aliphatic carbocycles. The molecule has 0 saturated carbocycles. The Balaban J connectivity index is 2.12. The Bertz CT molecular complexity index is 350. The van der Waals surface area contributed by atoms with Crippen molar-refractivity contribution < 1.29 is 22.3 Å². The standard InChI is InChI=1S/C13H20F3NO2/c1-2-5-17-8-11-7-12(19-9-11)10-18-6-3-4-13(14,15)16/h7,9,17H,2-6,8,10H2,1H3. The molecule has 0 unspecified atom stereocenters. The summed E-state index contributed by atoms with van der Waals surface area (Å²) in [5.41, 5.74) is 1.02. The summed E-state index contributed by atoms with van der Waals surface area (Å²) in [7, 11) is 0. The van der Waals surface area contributed by atoms with E-state index >= 15 is 0 Å². The average Bonchev–Trinajstić information content (AvgIpc) is 2.75. The summed E-state index contributed by atoms with van der Waals surface area (Å²) >= 11 is 0. The molecule has 0 saturated heterocycles. The second kappa shape index (κ2) is 8.22. The molecule has 3 nitrogen and oxygen atoms in total. The topological polar surface area (TPSA) is 34.4 Å². The maximum atomic E-state index is 11.9. The number of rotatable bonds is 9. The third kappa shape index (κ3) is 7.89. The molecule has 1 aromatic heterocycles. The Hall–Kier alpha value is -1.01. The number of hydrogen-bond acceptors (Lipinski definition) is 3. The lowest BCUT2D eigenvalue weighted by Gasteiger charge is -2.05. The fourth-order valence-electron chi connectivity index (χ4n) is 1.55. The normalized spacial score (nSPS) is 12.0. The van der Waals surface area contributed by atoms with Crippen LogP contribution in [-0.2, 0) is 17.9 Å². The van der Waals surface area contributed by atoms with E-state index in [1.165, 1.54) is 0 Å². The molecule has 0 aromatic carbocycles. The van der Waals surface area contributed by atoms with Gasteiger partial charge in [-0.05, 0) is 25.5 Å². The molecule has 0 aliphatic rings. The van der Waals surface area contributed by atoms with E-state index in [1.54, 1.807) is 6.26 Å². The van der Waals surface area contributed by atoms with Gasteiger partial charge in [0.05, 0.1) is 6.26 Å². The van der Waals surface area contributed by atoms with Crippen molar-refractivity contribution in [2.75, 3.05) is 13.2 Å². The van der Waals surface area contributed by atoms with Crippen LogP contribution in [0.2, 0.25) is 0 Å². The summed E-state index contributed by atoms with van der Waals surface area (Å²) in [6.45, 7) is 4.05. The van der Waals surface area contributed by atoms with Gasteiger partial charge in [-0.3, -0.25) is 0 Å². The van der Waals surface area contributed by atoms with Crippen molar-refractivity contribution in [1.29, 1.82) is 0 Å². The van der Waals surface area contributed by atoms with Crippen molar-refractivity contribution in [1.82, 2.24) is 5.32 Å². The monoisotopic (exact) mass is 279 g/mol. The van der Waals surface area contributed by atoms with Crippen molar-refractivity contribution >= 4 is 0 Å². The summed E-state index contributed by atoms with van der Waals surface area (Å²) in [4.78, 5) is 0. The van der Waals surface area contributed by atoms with Crippen molar-refractivity contribution in [2.45, 2.75) is 45.5 Å². The van der Waals surface area contributed by atoms with Crippen LogP contribution in [0.15, 0.2) is 16.7 Å². The summed E-state index contributed by atoms with van der Waals surface area (Å²) < 4.78 is 46.0. The Morgan fingerprint density at radius 3 is 2.84 bits per heavy atom. The fraction of sp³-hybridized carbons (Fsp3) is 0.692. The summed E-state index contributed by atoms with van der Waals surface area (Å²) in [6, 6.07) is 1.85.